The third kappa shape index (κ3) is 4.26. The van der Waals surface area contributed by atoms with Crippen LogP contribution < -0.4 is 15.8 Å². The van der Waals surface area contributed by atoms with Gasteiger partial charge in [-0.15, -0.1) is 0 Å². The fourth-order valence-corrected chi connectivity index (χ4v) is 3.14. The Balaban J connectivity index is 1.53. The predicted molar refractivity (Wildman–Crippen MR) is 86.5 cm³/mol. The number of hydrogen-bond acceptors (Lipinski definition) is 4. The number of anilines is 2. The molecule has 2 aliphatic carbocycles. The van der Waals surface area contributed by atoms with E-state index in [0.29, 0.717) is 17.5 Å². The van der Waals surface area contributed by atoms with Crippen LogP contribution in [0.4, 0.5) is 11.5 Å². The van der Waals surface area contributed by atoms with E-state index in [1.165, 1.54) is 38.5 Å². The van der Waals surface area contributed by atoms with Crippen LogP contribution in [0.5, 0.6) is 5.88 Å². The number of nitrogens with zero attached hydrogens (tertiary/aromatic N) is 1. The standard InChI is InChI=1S/C17H27N3O/c1-12-3-2-4-14(9-12)10-19-16-8-7-15(18)17(20-16)21-11-13-5-6-13/h7-8,12-14H,2-6,9-11,18H2,1H3,(H,19,20). The molecule has 0 aliphatic heterocycles. The molecule has 2 saturated carbocycles. The first-order valence-corrected chi connectivity index (χ1v) is 8.34. The summed E-state index contributed by atoms with van der Waals surface area (Å²) >= 11 is 0. The van der Waals surface area contributed by atoms with Crippen LogP contribution in [0.15, 0.2) is 12.1 Å². The van der Waals surface area contributed by atoms with Crippen LogP contribution in [0.2, 0.25) is 0 Å². The molecule has 2 unspecified atom stereocenters. The van der Waals surface area contributed by atoms with Crippen LogP contribution in [0.1, 0.15) is 45.4 Å². The minimum absolute atomic E-state index is 0.587. The van der Waals surface area contributed by atoms with Crippen molar-refractivity contribution in [3.8, 4) is 5.88 Å². The number of ether oxygens (including phenoxy) is 1. The molecule has 1 aromatic heterocycles. The molecule has 2 aliphatic rings. The predicted octanol–water partition coefficient (Wildman–Crippen LogP) is 3.69. The van der Waals surface area contributed by atoms with E-state index < -0.39 is 0 Å². The second kappa shape index (κ2) is 6.54. The molecule has 3 N–H and O–H groups in total. The van der Waals surface area contributed by atoms with Crippen molar-refractivity contribution in [2.24, 2.45) is 17.8 Å². The Morgan fingerprint density at radius 1 is 1.24 bits per heavy atom. The van der Waals surface area contributed by atoms with Gasteiger partial charge in [-0.3, -0.25) is 0 Å². The van der Waals surface area contributed by atoms with E-state index in [9.17, 15) is 0 Å². The largest absolute Gasteiger partial charge is 0.476 e. The number of pyridine rings is 1. The lowest BCUT2D eigenvalue weighted by Crippen LogP contribution is -2.21. The number of nitrogen functional groups attached to an aromatic ring is 1. The second-order valence-corrected chi connectivity index (χ2v) is 6.86. The summed E-state index contributed by atoms with van der Waals surface area (Å²) in [6.07, 6.45) is 7.95. The molecule has 0 radical (unpaired) electrons. The molecule has 0 bridgehead atoms. The average molecular weight is 289 g/mol. The molecule has 0 spiro atoms. The number of hydrogen-bond donors (Lipinski definition) is 2. The molecule has 116 valence electrons. The first-order chi connectivity index (χ1) is 10.2. The van der Waals surface area contributed by atoms with Gasteiger partial charge >= 0.3 is 0 Å². The fraction of sp³-hybridized carbons (Fsp3) is 0.706. The van der Waals surface area contributed by atoms with Crippen LogP contribution in [-0.2, 0) is 0 Å². The lowest BCUT2D eigenvalue weighted by Gasteiger charge is -2.27. The van der Waals surface area contributed by atoms with E-state index in [0.717, 1.165) is 30.8 Å². The van der Waals surface area contributed by atoms with Gasteiger partial charge in [0.15, 0.2) is 0 Å². The Hall–Kier alpha value is -1.45. The fourth-order valence-electron chi connectivity index (χ4n) is 3.14. The van der Waals surface area contributed by atoms with Gasteiger partial charge in [0.2, 0.25) is 5.88 Å². The van der Waals surface area contributed by atoms with Gasteiger partial charge in [-0.2, -0.15) is 4.98 Å². The maximum absolute atomic E-state index is 5.94. The zero-order chi connectivity index (χ0) is 14.7. The molecular weight excluding hydrogens is 262 g/mol. The van der Waals surface area contributed by atoms with E-state index in [2.05, 4.69) is 17.2 Å². The molecule has 0 aromatic carbocycles. The maximum atomic E-state index is 5.94. The maximum Gasteiger partial charge on any atom is 0.239 e. The topological polar surface area (TPSA) is 60.2 Å². The van der Waals surface area contributed by atoms with Gasteiger partial charge in [0.1, 0.15) is 5.82 Å². The van der Waals surface area contributed by atoms with Gasteiger partial charge < -0.3 is 15.8 Å². The lowest BCUT2D eigenvalue weighted by molar-refractivity contribution is 0.289. The summed E-state index contributed by atoms with van der Waals surface area (Å²) in [4.78, 5) is 4.52. The molecule has 21 heavy (non-hydrogen) atoms. The highest BCUT2D eigenvalue weighted by atomic mass is 16.5. The first-order valence-electron chi connectivity index (χ1n) is 8.34. The number of nitrogens with two attached hydrogens (primary N) is 1. The Bertz CT molecular complexity index is 473. The molecule has 4 heteroatoms. The molecule has 1 heterocycles. The molecule has 2 atom stereocenters. The molecule has 3 rings (SSSR count). The van der Waals surface area contributed by atoms with Crippen molar-refractivity contribution >= 4 is 11.5 Å². The van der Waals surface area contributed by atoms with Gasteiger partial charge in [-0.25, -0.2) is 0 Å². The molecule has 4 nitrogen and oxygen atoms in total. The van der Waals surface area contributed by atoms with E-state index in [4.69, 9.17) is 10.5 Å². The van der Waals surface area contributed by atoms with Crippen molar-refractivity contribution in [1.29, 1.82) is 0 Å². The third-order valence-corrected chi connectivity index (χ3v) is 4.66. The lowest BCUT2D eigenvalue weighted by atomic mass is 9.82. The Morgan fingerprint density at radius 2 is 2.10 bits per heavy atom. The minimum atomic E-state index is 0.587. The highest BCUT2D eigenvalue weighted by Gasteiger charge is 2.23. The average Bonchev–Trinajstić information content (AvgIpc) is 3.29. The minimum Gasteiger partial charge on any atom is -0.476 e. The van der Waals surface area contributed by atoms with Crippen molar-refractivity contribution in [3.63, 3.8) is 0 Å². The van der Waals surface area contributed by atoms with Crippen molar-refractivity contribution in [3.05, 3.63) is 12.1 Å². The highest BCUT2D eigenvalue weighted by Crippen LogP contribution is 2.31. The zero-order valence-electron chi connectivity index (χ0n) is 13.0. The summed E-state index contributed by atoms with van der Waals surface area (Å²) in [7, 11) is 0. The summed E-state index contributed by atoms with van der Waals surface area (Å²) < 4.78 is 5.73. The van der Waals surface area contributed by atoms with E-state index >= 15 is 0 Å². The SMILES string of the molecule is CC1CCCC(CNc2ccc(N)c(OCC3CC3)n2)C1. The van der Waals surface area contributed by atoms with Crippen LogP contribution in [0.25, 0.3) is 0 Å². The normalized spacial score (nSPS) is 25.6. The zero-order valence-corrected chi connectivity index (χ0v) is 13.0. The van der Waals surface area contributed by atoms with Crippen molar-refractivity contribution in [2.75, 3.05) is 24.2 Å². The number of nitrogens with one attached hydrogen (secondary N) is 1. The summed E-state index contributed by atoms with van der Waals surface area (Å²) in [5.74, 6) is 3.81. The van der Waals surface area contributed by atoms with Crippen molar-refractivity contribution in [1.82, 2.24) is 4.98 Å². The number of aromatic nitrogens is 1. The third-order valence-electron chi connectivity index (χ3n) is 4.66. The summed E-state index contributed by atoms with van der Waals surface area (Å²) in [5.41, 5.74) is 6.57. The summed E-state index contributed by atoms with van der Waals surface area (Å²) in [5, 5.41) is 3.46. The molecule has 0 amide bonds. The summed E-state index contributed by atoms with van der Waals surface area (Å²) in [6.45, 7) is 4.11. The second-order valence-electron chi connectivity index (χ2n) is 6.86. The molecular formula is C17H27N3O. The van der Waals surface area contributed by atoms with Crippen molar-refractivity contribution < 1.29 is 4.74 Å². The highest BCUT2D eigenvalue weighted by molar-refractivity contribution is 5.53. The van der Waals surface area contributed by atoms with Crippen LogP contribution in [0.3, 0.4) is 0 Å². The Labute approximate surface area is 127 Å². The summed E-state index contributed by atoms with van der Waals surface area (Å²) in [6, 6.07) is 3.84. The quantitative estimate of drug-likeness (QED) is 0.838. The van der Waals surface area contributed by atoms with Gasteiger partial charge in [0.25, 0.3) is 0 Å². The smallest absolute Gasteiger partial charge is 0.239 e. The molecule has 0 saturated heterocycles. The van der Waals surface area contributed by atoms with E-state index in [1.54, 1.807) is 0 Å². The van der Waals surface area contributed by atoms with E-state index in [-0.39, 0.29) is 0 Å². The molecule has 1 aromatic rings. The van der Waals surface area contributed by atoms with Crippen molar-refractivity contribution in [2.45, 2.75) is 45.4 Å². The molecule has 2 fully saturated rings. The Kier molecular flexibility index (Phi) is 4.51. The van der Waals surface area contributed by atoms with Crippen LogP contribution in [-0.4, -0.2) is 18.1 Å². The van der Waals surface area contributed by atoms with E-state index in [1.807, 2.05) is 12.1 Å². The van der Waals surface area contributed by atoms with Crippen LogP contribution in [0, 0.1) is 17.8 Å². The first kappa shape index (κ1) is 14.5. The van der Waals surface area contributed by atoms with Gasteiger partial charge in [0, 0.05) is 6.54 Å². The van der Waals surface area contributed by atoms with Gasteiger partial charge in [-0.1, -0.05) is 19.8 Å². The van der Waals surface area contributed by atoms with Gasteiger partial charge in [0.05, 0.1) is 12.3 Å². The van der Waals surface area contributed by atoms with Gasteiger partial charge in [-0.05, 0) is 55.6 Å². The Morgan fingerprint density at radius 3 is 2.86 bits per heavy atom. The monoisotopic (exact) mass is 289 g/mol. The number of rotatable bonds is 6. The van der Waals surface area contributed by atoms with Crippen LogP contribution >= 0.6 is 0 Å².